The number of halogens is 1. The van der Waals surface area contributed by atoms with Crippen LogP contribution in [0.5, 0.6) is 0 Å². The molecule has 1 heterocycles. The van der Waals surface area contributed by atoms with E-state index < -0.39 is 12.0 Å². The number of carboxylic acids is 1. The fraction of sp³-hybridized carbons (Fsp3) is 0.250. The molecule has 0 bridgehead atoms. The molecule has 2 rings (SSSR count). The van der Waals surface area contributed by atoms with Crippen molar-refractivity contribution in [1.82, 2.24) is 20.4 Å². The van der Waals surface area contributed by atoms with E-state index in [4.69, 9.17) is 10.8 Å². The highest BCUT2D eigenvalue weighted by Gasteiger charge is 2.13. The lowest BCUT2D eigenvalue weighted by Crippen LogP contribution is -2.32. The summed E-state index contributed by atoms with van der Waals surface area (Å²) in [7, 11) is 0. The van der Waals surface area contributed by atoms with Crippen LogP contribution in [0.2, 0.25) is 0 Å². The Bertz CT molecular complexity index is 591. The van der Waals surface area contributed by atoms with Crippen LogP contribution in [-0.4, -0.2) is 37.5 Å². The first-order valence-electron chi connectivity index (χ1n) is 5.68. The SMILES string of the molecule is Cc1nnc(-c2cccc(C[C@H](N)C(=O)O)c2)nn1.Cl. The van der Waals surface area contributed by atoms with Crippen LogP contribution >= 0.6 is 12.4 Å². The van der Waals surface area contributed by atoms with Crippen LogP contribution in [0.1, 0.15) is 11.4 Å². The van der Waals surface area contributed by atoms with Gasteiger partial charge in [-0.2, -0.15) is 0 Å². The molecule has 0 aliphatic heterocycles. The van der Waals surface area contributed by atoms with Gasteiger partial charge < -0.3 is 10.8 Å². The second-order valence-corrected chi connectivity index (χ2v) is 4.12. The van der Waals surface area contributed by atoms with Gasteiger partial charge in [0.05, 0.1) is 0 Å². The minimum Gasteiger partial charge on any atom is -0.480 e. The Hall–Kier alpha value is -2.12. The van der Waals surface area contributed by atoms with E-state index in [1.807, 2.05) is 6.07 Å². The van der Waals surface area contributed by atoms with Gasteiger partial charge >= 0.3 is 5.97 Å². The zero-order valence-electron chi connectivity index (χ0n) is 10.7. The Morgan fingerprint density at radius 2 is 1.95 bits per heavy atom. The van der Waals surface area contributed by atoms with Gasteiger partial charge in [-0.1, -0.05) is 18.2 Å². The highest BCUT2D eigenvalue weighted by Crippen LogP contribution is 2.15. The van der Waals surface area contributed by atoms with Gasteiger partial charge in [0.25, 0.3) is 0 Å². The molecule has 1 atom stereocenters. The third-order valence-corrected chi connectivity index (χ3v) is 2.54. The summed E-state index contributed by atoms with van der Waals surface area (Å²) in [5.74, 6) is -0.135. The predicted molar refractivity (Wildman–Crippen MR) is 74.4 cm³/mol. The molecule has 3 N–H and O–H groups in total. The summed E-state index contributed by atoms with van der Waals surface area (Å²) < 4.78 is 0. The van der Waals surface area contributed by atoms with E-state index in [-0.39, 0.29) is 18.8 Å². The molecule has 0 radical (unpaired) electrons. The number of nitrogens with zero attached hydrogens (tertiary/aromatic N) is 4. The summed E-state index contributed by atoms with van der Waals surface area (Å²) in [6.07, 6.45) is 0.246. The molecule has 2 aromatic rings. The molecular formula is C12H14ClN5O2. The Morgan fingerprint density at radius 3 is 2.55 bits per heavy atom. The van der Waals surface area contributed by atoms with Crippen LogP contribution in [0.4, 0.5) is 0 Å². The van der Waals surface area contributed by atoms with Gasteiger partial charge in [0, 0.05) is 5.56 Å². The summed E-state index contributed by atoms with van der Waals surface area (Å²) in [4.78, 5) is 10.7. The van der Waals surface area contributed by atoms with Gasteiger partial charge in [0.2, 0.25) is 5.82 Å². The van der Waals surface area contributed by atoms with Crippen molar-refractivity contribution in [3.63, 3.8) is 0 Å². The molecule has 0 saturated heterocycles. The topological polar surface area (TPSA) is 115 Å². The molecule has 8 heteroatoms. The highest BCUT2D eigenvalue weighted by molar-refractivity contribution is 5.85. The zero-order chi connectivity index (χ0) is 13.8. The second kappa shape index (κ2) is 6.88. The smallest absolute Gasteiger partial charge is 0.320 e. The van der Waals surface area contributed by atoms with Crippen molar-refractivity contribution in [1.29, 1.82) is 0 Å². The van der Waals surface area contributed by atoms with E-state index in [2.05, 4.69) is 20.4 Å². The predicted octanol–water partition coefficient (Wildman–Crippen LogP) is 0.618. The minimum absolute atomic E-state index is 0. The fourth-order valence-electron chi connectivity index (χ4n) is 1.57. The van der Waals surface area contributed by atoms with E-state index in [0.717, 1.165) is 11.1 Å². The lowest BCUT2D eigenvalue weighted by Gasteiger charge is -2.07. The molecule has 0 amide bonds. The fourth-order valence-corrected chi connectivity index (χ4v) is 1.57. The van der Waals surface area contributed by atoms with E-state index in [9.17, 15) is 4.79 Å². The first kappa shape index (κ1) is 15.9. The molecule has 7 nitrogen and oxygen atoms in total. The van der Waals surface area contributed by atoms with Crippen molar-refractivity contribution in [3.05, 3.63) is 35.7 Å². The minimum atomic E-state index is -1.03. The number of aliphatic carboxylic acids is 1. The van der Waals surface area contributed by atoms with Gasteiger partial charge in [-0.05, 0) is 25.0 Å². The van der Waals surface area contributed by atoms with E-state index in [1.165, 1.54) is 0 Å². The van der Waals surface area contributed by atoms with Gasteiger partial charge in [0.1, 0.15) is 6.04 Å². The third kappa shape index (κ3) is 3.94. The number of rotatable bonds is 4. The number of aromatic nitrogens is 4. The van der Waals surface area contributed by atoms with Crippen molar-refractivity contribution < 1.29 is 9.90 Å². The first-order valence-corrected chi connectivity index (χ1v) is 5.68. The molecule has 1 aromatic carbocycles. The summed E-state index contributed by atoms with van der Waals surface area (Å²) >= 11 is 0. The average molecular weight is 296 g/mol. The molecule has 0 spiro atoms. The number of hydrogen-bond donors (Lipinski definition) is 2. The normalized spacial score (nSPS) is 11.5. The van der Waals surface area contributed by atoms with Crippen molar-refractivity contribution in [3.8, 4) is 11.4 Å². The number of carbonyl (C=O) groups is 1. The molecular weight excluding hydrogens is 282 g/mol. The van der Waals surface area contributed by atoms with Crippen LogP contribution in [0, 0.1) is 6.92 Å². The monoisotopic (exact) mass is 295 g/mol. The van der Waals surface area contributed by atoms with E-state index in [1.54, 1.807) is 25.1 Å². The van der Waals surface area contributed by atoms with Crippen molar-refractivity contribution in [2.24, 2.45) is 5.73 Å². The summed E-state index contributed by atoms with van der Waals surface area (Å²) in [6, 6.07) is 6.27. The maximum Gasteiger partial charge on any atom is 0.320 e. The van der Waals surface area contributed by atoms with E-state index >= 15 is 0 Å². The van der Waals surface area contributed by atoms with Gasteiger partial charge in [0.15, 0.2) is 5.82 Å². The Kier molecular flexibility index (Phi) is 5.48. The summed E-state index contributed by atoms with van der Waals surface area (Å²) in [6.45, 7) is 1.70. The van der Waals surface area contributed by atoms with Crippen LogP contribution < -0.4 is 5.73 Å². The first-order chi connectivity index (χ1) is 9.06. The Labute approximate surface area is 121 Å². The molecule has 1 aromatic heterocycles. The van der Waals surface area contributed by atoms with Gasteiger partial charge in [-0.3, -0.25) is 4.79 Å². The van der Waals surface area contributed by atoms with Crippen molar-refractivity contribution in [2.45, 2.75) is 19.4 Å². The van der Waals surface area contributed by atoms with Crippen LogP contribution in [0.3, 0.4) is 0 Å². The number of nitrogens with two attached hydrogens (primary N) is 1. The Balaban J connectivity index is 0.00000200. The maximum atomic E-state index is 10.7. The van der Waals surface area contributed by atoms with Crippen molar-refractivity contribution in [2.75, 3.05) is 0 Å². The molecule has 0 fully saturated rings. The number of carboxylic acid groups (broad SMARTS) is 1. The summed E-state index contributed by atoms with van der Waals surface area (Å²) in [5, 5.41) is 24.3. The third-order valence-electron chi connectivity index (χ3n) is 2.54. The number of benzene rings is 1. The lowest BCUT2D eigenvalue weighted by molar-refractivity contribution is -0.138. The van der Waals surface area contributed by atoms with Crippen LogP contribution in [0.25, 0.3) is 11.4 Å². The molecule has 106 valence electrons. The van der Waals surface area contributed by atoms with Crippen LogP contribution in [0.15, 0.2) is 24.3 Å². The van der Waals surface area contributed by atoms with E-state index in [0.29, 0.717) is 11.6 Å². The van der Waals surface area contributed by atoms with Crippen molar-refractivity contribution >= 4 is 18.4 Å². The highest BCUT2D eigenvalue weighted by atomic mass is 35.5. The second-order valence-electron chi connectivity index (χ2n) is 4.12. The van der Waals surface area contributed by atoms with Crippen LogP contribution in [-0.2, 0) is 11.2 Å². The zero-order valence-corrected chi connectivity index (χ0v) is 11.5. The molecule has 0 aliphatic rings. The standard InChI is InChI=1S/C12H13N5O2.ClH/c1-7-14-16-11(17-15-7)9-4-2-3-8(5-9)6-10(13)12(18)19;/h2-5,10H,6,13H2,1H3,(H,18,19);1H/t10-;/m0./s1. The molecule has 0 unspecified atom stereocenters. The maximum absolute atomic E-state index is 10.7. The van der Waals surface area contributed by atoms with Gasteiger partial charge in [-0.25, -0.2) is 0 Å². The lowest BCUT2D eigenvalue weighted by atomic mass is 10.0. The Morgan fingerprint density at radius 1 is 1.30 bits per heavy atom. The summed E-state index contributed by atoms with van der Waals surface area (Å²) in [5.41, 5.74) is 7.04. The molecule has 0 saturated carbocycles. The molecule has 20 heavy (non-hydrogen) atoms. The largest absolute Gasteiger partial charge is 0.480 e. The number of hydrogen-bond acceptors (Lipinski definition) is 6. The average Bonchev–Trinajstić information content (AvgIpc) is 2.39. The van der Waals surface area contributed by atoms with Gasteiger partial charge in [-0.15, -0.1) is 32.8 Å². The number of aryl methyl sites for hydroxylation is 1. The molecule has 0 aliphatic carbocycles. The quantitative estimate of drug-likeness (QED) is 0.849.